The Morgan fingerprint density at radius 1 is 1.25 bits per heavy atom. The molecule has 2 aliphatic carbocycles. The Kier molecular flexibility index (Phi) is 4.34. The average molecular weight is 278 g/mol. The van der Waals surface area contributed by atoms with Crippen molar-refractivity contribution >= 4 is 5.91 Å². The van der Waals surface area contributed by atoms with Gasteiger partial charge in [0.2, 0.25) is 5.91 Å². The Hall–Kier alpha value is -0.570. The Labute approximate surface area is 123 Å². The van der Waals surface area contributed by atoms with Gasteiger partial charge in [0.1, 0.15) is 0 Å². The quantitative estimate of drug-likeness (QED) is 0.857. The molecule has 1 amide bonds. The van der Waals surface area contributed by atoms with Gasteiger partial charge in [-0.15, -0.1) is 0 Å². The van der Waals surface area contributed by atoms with E-state index in [0.717, 1.165) is 44.3 Å². The van der Waals surface area contributed by atoms with Crippen LogP contribution in [-0.2, 0) is 4.79 Å². The van der Waals surface area contributed by atoms with Gasteiger partial charge >= 0.3 is 0 Å². The first kappa shape index (κ1) is 14.4. The van der Waals surface area contributed by atoms with Crippen LogP contribution in [0.25, 0.3) is 0 Å². The Morgan fingerprint density at radius 2 is 2.10 bits per heavy atom. The van der Waals surface area contributed by atoms with Crippen LogP contribution in [0.4, 0.5) is 0 Å². The molecule has 1 saturated heterocycles. The van der Waals surface area contributed by atoms with Crippen LogP contribution in [-0.4, -0.2) is 36.5 Å². The SMILES string of the molecule is CCNC1CCN(C(=O)CC2CC3CCC2C3)CC1C. The molecule has 0 aromatic rings. The lowest BCUT2D eigenvalue weighted by Crippen LogP contribution is -2.50. The van der Waals surface area contributed by atoms with Crippen molar-refractivity contribution in [1.29, 1.82) is 0 Å². The lowest BCUT2D eigenvalue weighted by molar-refractivity contribution is -0.134. The highest BCUT2D eigenvalue weighted by atomic mass is 16.2. The number of hydrogen-bond acceptors (Lipinski definition) is 2. The number of fused-ring (bicyclic) bond motifs is 2. The van der Waals surface area contributed by atoms with Crippen LogP contribution in [0.3, 0.4) is 0 Å². The fraction of sp³-hybridized carbons (Fsp3) is 0.941. The maximum absolute atomic E-state index is 12.5. The van der Waals surface area contributed by atoms with Gasteiger partial charge in [-0.25, -0.2) is 0 Å². The summed E-state index contributed by atoms with van der Waals surface area (Å²) in [6.45, 7) is 7.40. The second-order valence-electron chi connectivity index (χ2n) is 7.41. The highest BCUT2D eigenvalue weighted by Gasteiger charge is 2.41. The first-order valence-corrected chi connectivity index (χ1v) is 8.68. The van der Waals surface area contributed by atoms with Gasteiger partial charge in [-0.2, -0.15) is 0 Å². The molecule has 0 aromatic carbocycles. The van der Waals surface area contributed by atoms with Crippen molar-refractivity contribution in [1.82, 2.24) is 10.2 Å². The molecule has 2 bridgehead atoms. The lowest BCUT2D eigenvalue weighted by Gasteiger charge is -2.38. The van der Waals surface area contributed by atoms with Gasteiger partial charge < -0.3 is 10.2 Å². The minimum Gasteiger partial charge on any atom is -0.342 e. The third-order valence-corrected chi connectivity index (χ3v) is 6.05. The van der Waals surface area contributed by atoms with Crippen molar-refractivity contribution in [3.8, 4) is 0 Å². The normalized spacial score (nSPS) is 40.3. The molecule has 3 aliphatic rings. The zero-order valence-corrected chi connectivity index (χ0v) is 13.1. The second kappa shape index (κ2) is 6.05. The maximum Gasteiger partial charge on any atom is 0.222 e. The van der Waals surface area contributed by atoms with Crippen LogP contribution in [0, 0.1) is 23.7 Å². The summed E-state index contributed by atoms with van der Waals surface area (Å²) in [5.41, 5.74) is 0. The third-order valence-electron chi connectivity index (χ3n) is 6.05. The minimum absolute atomic E-state index is 0.435. The van der Waals surface area contributed by atoms with E-state index in [4.69, 9.17) is 0 Å². The standard InChI is InChI=1S/C17H30N2O/c1-3-18-16-6-7-19(11-12(16)2)17(20)10-15-9-13-4-5-14(15)8-13/h12-16,18H,3-11H2,1-2H3. The van der Waals surface area contributed by atoms with Crippen molar-refractivity contribution in [2.45, 2.75) is 58.4 Å². The molecule has 2 saturated carbocycles. The number of hydrogen-bond donors (Lipinski definition) is 1. The molecule has 114 valence electrons. The molecule has 3 rings (SSSR count). The van der Waals surface area contributed by atoms with Crippen LogP contribution in [0.1, 0.15) is 52.4 Å². The van der Waals surface area contributed by atoms with Crippen molar-refractivity contribution in [2.24, 2.45) is 23.7 Å². The van der Waals surface area contributed by atoms with Crippen molar-refractivity contribution in [3.63, 3.8) is 0 Å². The zero-order chi connectivity index (χ0) is 14.1. The smallest absolute Gasteiger partial charge is 0.222 e. The predicted molar refractivity (Wildman–Crippen MR) is 81.4 cm³/mol. The topological polar surface area (TPSA) is 32.3 Å². The number of likely N-dealkylation sites (tertiary alicyclic amines) is 1. The summed E-state index contributed by atoms with van der Waals surface area (Å²) < 4.78 is 0. The molecule has 5 atom stereocenters. The number of carbonyl (C=O) groups is 1. The monoisotopic (exact) mass is 278 g/mol. The van der Waals surface area contributed by atoms with Gasteiger partial charge in [0.15, 0.2) is 0 Å². The fourth-order valence-electron chi connectivity index (χ4n) is 4.92. The van der Waals surface area contributed by atoms with Crippen LogP contribution in [0.2, 0.25) is 0 Å². The van der Waals surface area contributed by atoms with E-state index in [1.807, 2.05) is 0 Å². The van der Waals surface area contributed by atoms with E-state index in [0.29, 0.717) is 23.8 Å². The fourth-order valence-corrected chi connectivity index (χ4v) is 4.92. The second-order valence-corrected chi connectivity index (χ2v) is 7.41. The van der Waals surface area contributed by atoms with Gasteiger partial charge in [-0.1, -0.05) is 20.3 Å². The summed E-state index contributed by atoms with van der Waals surface area (Å²) >= 11 is 0. The molecule has 1 heterocycles. The highest BCUT2D eigenvalue weighted by molar-refractivity contribution is 5.76. The molecule has 3 fully saturated rings. The van der Waals surface area contributed by atoms with E-state index >= 15 is 0 Å². The summed E-state index contributed by atoms with van der Waals surface area (Å²) in [7, 11) is 0. The number of rotatable bonds is 4. The molecule has 3 nitrogen and oxygen atoms in total. The number of nitrogens with one attached hydrogen (secondary N) is 1. The molecule has 0 radical (unpaired) electrons. The number of nitrogens with zero attached hydrogens (tertiary/aromatic N) is 1. The van der Waals surface area contributed by atoms with Gasteiger partial charge in [0, 0.05) is 25.6 Å². The summed E-state index contributed by atoms with van der Waals surface area (Å²) in [4.78, 5) is 14.7. The minimum atomic E-state index is 0.435. The number of amides is 1. The van der Waals surface area contributed by atoms with Crippen LogP contribution < -0.4 is 5.32 Å². The van der Waals surface area contributed by atoms with Gasteiger partial charge in [-0.3, -0.25) is 4.79 Å². The van der Waals surface area contributed by atoms with Crippen molar-refractivity contribution in [2.75, 3.05) is 19.6 Å². The maximum atomic E-state index is 12.5. The summed E-state index contributed by atoms with van der Waals surface area (Å²) in [6, 6.07) is 0.603. The molecular formula is C17H30N2O. The number of carbonyl (C=O) groups excluding carboxylic acids is 1. The van der Waals surface area contributed by atoms with E-state index in [1.165, 1.54) is 25.7 Å². The van der Waals surface area contributed by atoms with Gasteiger partial charge in [0.05, 0.1) is 0 Å². The van der Waals surface area contributed by atoms with Crippen molar-refractivity contribution in [3.05, 3.63) is 0 Å². The lowest BCUT2D eigenvalue weighted by atomic mass is 9.85. The summed E-state index contributed by atoms with van der Waals surface area (Å²) in [5.74, 6) is 3.57. The Morgan fingerprint density at radius 3 is 2.70 bits per heavy atom. The molecule has 0 spiro atoms. The molecule has 1 N–H and O–H groups in total. The highest BCUT2D eigenvalue weighted by Crippen LogP contribution is 2.49. The average Bonchev–Trinajstić information content (AvgIpc) is 3.03. The van der Waals surface area contributed by atoms with Crippen LogP contribution in [0.15, 0.2) is 0 Å². The molecular weight excluding hydrogens is 248 g/mol. The van der Waals surface area contributed by atoms with Gasteiger partial charge in [-0.05, 0) is 55.9 Å². The zero-order valence-electron chi connectivity index (χ0n) is 13.1. The Bertz CT molecular complexity index is 357. The largest absolute Gasteiger partial charge is 0.342 e. The molecule has 5 unspecified atom stereocenters. The van der Waals surface area contributed by atoms with E-state index in [-0.39, 0.29) is 0 Å². The molecule has 20 heavy (non-hydrogen) atoms. The van der Waals surface area contributed by atoms with Crippen molar-refractivity contribution < 1.29 is 4.79 Å². The third kappa shape index (κ3) is 2.88. The van der Waals surface area contributed by atoms with E-state index in [9.17, 15) is 4.79 Å². The Balaban J connectivity index is 1.48. The molecule has 1 aliphatic heterocycles. The first-order chi connectivity index (χ1) is 9.67. The van der Waals surface area contributed by atoms with E-state index < -0.39 is 0 Å². The number of piperidine rings is 1. The summed E-state index contributed by atoms with van der Waals surface area (Å²) in [6.07, 6.45) is 7.52. The first-order valence-electron chi connectivity index (χ1n) is 8.68. The summed E-state index contributed by atoms with van der Waals surface area (Å²) in [5, 5.41) is 3.55. The van der Waals surface area contributed by atoms with Crippen LogP contribution in [0.5, 0.6) is 0 Å². The van der Waals surface area contributed by atoms with Gasteiger partial charge in [0.25, 0.3) is 0 Å². The predicted octanol–water partition coefficient (Wildman–Crippen LogP) is 2.66. The van der Waals surface area contributed by atoms with Crippen LogP contribution >= 0.6 is 0 Å². The molecule has 3 heteroatoms. The van der Waals surface area contributed by atoms with E-state index in [1.54, 1.807) is 0 Å². The van der Waals surface area contributed by atoms with E-state index in [2.05, 4.69) is 24.1 Å². The molecule has 0 aromatic heterocycles.